The number of halogens is 2. The Morgan fingerprint density at radius 1 is 1.07 bits per heavy atom. The lowest BCUT2D eigenvalue weighted by molar-refractivity contribution is -0.137. The SMILES string of the molecule is O=C(O)c1cnc(NC23CC4CC(F)(CC(F)(C4)C2)C3)c2c1C1CCC2C1. The highest BCUT2D eigenvalue weighted by Gasteiger charge is 2.65. The van der Waals surface area contributed by atoms with Crippen molar-refractivity contribution in [2.45, 2.75) is 86.5 Å². The minimum absolute atomic E-state index is 0.0358. The van der Waals surface area contributed by atoms with Gasteiger partial charge in [0, 0.05) is 36.6 Å². The second kappa shape index (κ2) is 4.81. The Bertz CT molecular complexity index is 854. The first-order valence-electron chi connectivity index (χ1n) is 10.2. The molecule has 0 radical (unpaired) electrons. The standard InChI is InChI=1S/C21H24F2N2O2/c22-19-4-11-5-20(23,8-19)10-21(6-11,9-19)25-17-16-13-2-1-12(3-13)15(16)14(7-24-17)18(26)27/h7,11-13H,1-6,8-10H2,(H,24,25)(H,26,27). The highest BCUT2D eigenvalue weighted by atomic mass is 19.2. The number of nitrogens with one attached hydrogen (secondary N) is 1. The Kier molecular flexibility index (Phi) is 2.90. The van der Waals surface area contributed by atoms with Crippen LogP contribution in [0.4, 0.5) is 14.6 Å². The number of carbonyl (C=O) groups is 1. The minimum atomic E-state index is -1.41. The maximum atomic E-state index is 15.3. The highest BCUT2D eigenvalue weighted by Crippen LogP contribution is 2.63. The number of carboxylic acids is 1. The summed E-state index contributed by atoms with van der Waals surface area (Å²) in [5.41, 5.74) is -1.17. The summed E-state index contributed by atoms with van der Waals surface area (Å²) < 4.78 is 30.6. The van der Waals surface area contributed by atoms with Gasteiger partial charge in [-0.1, -0.05) is 0 Å². The van der Waals surface area contributed by atoms with Crippen molar-refractivity contribution in [3.05, 3.63) is 22.9 Å². The smallest absolute Gasteiger partial charge is 0.337 e. The third kappa shape index (κ3) is 2.18. The summed E-state index contributed by atoms with van der Waals surface area (Å²) in [6.45, 7) is 0. The van der Waals surface area contributed by atoms with Crippen molar-refractivity contribution in [3.8, 4) is 0 Å². The molecular formula is C21H24F2N2O2. The summed E-state index contributed by atoms with van der Waals surface area (Å²) in [4.78, 5) is 16.2. The fourth-order valence-corrected chi connectivity index (χ4v) is 7.77. The van der Waals surface area contributed by atoms with Gasteiger partial charge in [0.2, 0.25) is 0 Å². The van der Waals surface area contributed by atoms with Crippen LogP contribution in [0.2, 0.25) is 0 Å². The summed E-state index contributed by atoms with van der Waals surface area (Å²) in [6.07, 6.45) is 6.96. The van der Waals surface area contributed by atoms with Gasteiger partial charge in [-0.05, 0) is 61.8 Å². The van der Waals surface area contributed by atoms with Crippen LogP contribution in [0.5, 0.6) is 0 Å². The molecule has 6 heteroatoms. The van der Waals surface area contributed by atoms with E-state index in [0.717, 1.165) is 36.8 Å². The molecule has 1 aromatic rings. The number of anilines is 1. The molecule has 144 valence electrons. The van der Waals surface area contributed by atoms with Crippen molar-refractivity contribution in [1.82, 2.24) is 4.98 Å². The van der Waals surface area contributed by atoms with E-state index < -0.39 is 22.8 Å². The lowest BCUT2D eigenvalue weighted by Crippen LogP contribution is -2.65. The first-order valence-corrected chi connectivity index (χ1v) is 10.2. The van der Waals surface area contributed by atoms with Gasteiger partial charge in [-0.15, -0.1) is 0 Å². The molecule has 7 rings (SSSR count). The van der Waals surface area contributed by atoms with E-state index in [9.17, 15) is 9.90 Å². The van der Waals surface area contributed by atoms with E-state index >= 15 is 8.78 Å². The average Bonchev–Trinajstić information content (AvgIpc) is 3.13. The van der Waals surface area contributed by atoms with Crippen LogP contribution >= 0.6 is 0 Å². The fraction of sp³-hybridized carbons (Fsp3) is 0.714. The highest BCUT2D eigenvalue weighted by molar-refractivity contribution is 5.91. The van der Waals surface area contributed by atoms with Gasteiger partial charge in [0.15, 0.2) is 0 Å². The molecule has 4 atom stereocenters. The van der Waals surface area contributed by atoms with Gasteiger partial charge < -0.3 is 10.4 Å². The molecule has 0 saturated heterocycles. The third-order valence-electron chi connectivity index (χ3n) is 7.95. The molecule has 0 aliphatic heterocycles. The normalized spacial score (nSPS) is 45.9. The van der Waals surface area contributed by atoms with Crippen LogP contribution < -0.4 is 5.32 Å². The summed E-state index contributed by atoms with van der Waals surface area (Å²) in [5.74, 6) is 0.462. The van der Waals surface area contributed by atoms with E-state index in [-0.39, 0.29) is 18.3 Å². The predicted octanol–water partition coefficient (Wildman–Crippen LogP) is 4.71. The molecule has 0 amide bonds. The number of aromatic carboxylic acids is 1. The van der Waals surface area contributed by atoms with Gasteiger partial charge in [0.25, 0.3) is 0 Å². The van der Waals surface area contributed by atoms with Crippen molar-refractivity contribution >= 4 is 11.8 Å². The van der Waals surface area contributed by atoms with Crippen LogP contribution in [0, 0.1) is 5.92 Å². The Balaban J connectivity index is 1.42. The average molecular weight is 374 g/mol. The molecule has 4 unspecified atom stereocenters. The minimum Gasteiger partial charge on any atom is -0.478 e. The fourth-order valence-electron chi connectivity index (χ4n) is 7.77. The summed E-state index contributed by atoms with van der Waals surface area (Å²) in [7, 11) is 0. The number of alkyl halides is 2. The molecule has 27 heavy (non-hydrogen) atoms. The van der Waals surface area contributed by atoms with E-state index in [1.807, 2.05) is 0 Å². The van der Waals surface area contributed by atoms with Gasteiger partial charge in [0.05, 0.1) is 5.56 Å². The van der Waals surface area contributed by atoms with E-state index in [2.05, 4.69) is 10.3 Å². The first kappa shape index (κ1) is 16.3. The van der Waals surface area contributed by atoms with Crippen molar-refractivity contribution in [3.63, 3.8) is 0 Å². The van der Waals surface area contributed by atoms with E-state index in [1.54, 1.807) is 0 Å². The number of aromatic nitrogens is 1. The van der Waals surface area contributed by atoms with Crippen LogP contribution in [-0.4, -0.2) is 32.9 Å². The maximum absolute atomic E-state index is 15.3. The van der Waals surface area contributed by atoms with Crippen LogP contribution in [0.1, 0.15) is 91.1 Å². The van der Waals surface area contributed by atoms with Crippen LogP contribution in [0.25, 0.3) is 0 Å². The van der Waals surface area contributed by atoms with Crippen molar-refractivity contribution in [2.75, 3.05) is 5.32 Å². The lowest BCUT2D eigenvalue weighted by atomic mass is 9.50. The Labute approximate surface area is 156 Å². The van der Waals surface area contributed by atoms with E-state index in [0.29, 0.717) is 43.0 Å². The largest absolute Gasteiger partial charge is 0.478 e. The number of carboxylic acid groups (broad SMARTS) is 1. The molecule has 4 nitrogen and oxygen atoms in total. The first-order chi connectivity index (χ1) is 12.8. The van der Waals surface area contributed by atoms with Crippen LogP contribution in [-0.2, 0) is 0 Å². The molecule has 2 N–H and O–H groups in total. The Morgan fingerprint density at radius 2 is 1.74 bits per heavy atom. The summed E-state index contributed by atoms with van der Waals surface area (Å²) in [5, 5.41) is 13.1. The summed E-state index contributed by atoms with van der Waals surface area (Å²) in [6, 6.07) is 0. The van der Waals surface area contributed by atoms with E-state index in [4.69, 9.17) is 0 Å². The number of pyridine rings is 1. The molecule has 5 fully saturated rings. The van der Waals surface area contributed by atoms with Gasteiger partial charge >= 0.3 is 5.97 Å². The molecule has 6 aliphatic carbocycles. The maximum Gasteiger partial charge on any atom is 0.337 e. The van der Waals surface area contributed by atoms with Crippen molar-refractivity contribution < 1.29 is 18.7 Å². The number of hydrogen-bond acceptors (Lipinski definition) is 3. The number of rotatable bonds is 3. The number of nitrogens with zero attached hydrogens (tertiary/aromatic N) is 1. The van der Waals surface area contributed by atoms with Crippen LogP contribution in [0.15, 0.2) is 6.20 Å². The van der Waals surface area contributed by atoms with Gasteiger partial charge in [-0.3, -0.25) is 0 Å². The Morgan fingerprint density at radius 3 is 2.37 bits per heavy atom. The van der Waals surface area contributed by atoms with E-state index in [1.165, 1.54) is 6.20 Å². The predicted molar refractivity (Wildman–Crippen MR) is 95.8 cm³/mol. The van der Waals surface area contributed by atoms with Crippen molar-refractivity contribution in [2.24, 2.45) is 5.92 Å². The number of hydrogen-bond donors (Lipinski definition) is 2. The second-order valence-corrected chi connectivity index (χ2v) is 10.1. The zero-order chi connectivity index (χ0) is 18.6. The summed E-state index contributed by atoms with van der Waals surface area (Å²) >= 11 is 0. The molecule has 6 aliphatic rings. The molecule has 6 bridgehead atoms. The lowest BCUT2D eigenvalue weighted by Gasteiger charge is -2.61. The topological polar surface area (TPSA) is 62.2 Å². The molecule has 0 aromatic carbocycles. The molecule has 1 heterocycles. The van der Waals surface area contributed by atoms with Gasteiger partial charge in [-0.2, -0.15) is 0 Å². The Hall–Kier alpha value is -1.72. The quantitative estimate of drug-likeness (QED) is 0.804. The zero-order valence-electron chi connectivity index (χ0n) is 15.2. The molecule has 5 saturated carbocycles. The molecule has 1 aromatic heterocycles. The zero-order valence-corrected chi connectivity index (χ0v) is 15.2. The van der Waals surface area contributed by atoms with Crippen LogP contribution in [0.3, 0.4) is 0 Å². The molecular weight excluding hydrogens is 350 g/mol. The van der Waals surface area contributed by atoms with Crippen molar-refractivity contribution in [1.29, 1.82) is 0 Å². The second-order valence-electron chi connectivity index (χ2n) is 10.1. The number of fused-ring (bicyclic) bond motifs is 5. The van der Waals surface area contributed by atoms with Gasteiger partial charge in [-0.25, -0.2) is 18.6 Å². The third-order valence-corrected chi connectivity index (χ3v) is 7.95. The van der Waals surface area contributed by atoms with Gasteiger partial charge in [0.1, 0.15) is 17.2 Å². The monoisotopic (exact) mass is 374 g/mol. The molecule has 0 spiro atoms.